The van der Waals surface area contributed by atoms with E-state index in [-0.39, 0.29) is 20.9 Å². The second-order valence-corrected chi connectivity index (χ2v) is 18.7. The van der Waals surface area contributed by atoms with Gasteiger partial charge in [0, 0.05) is 12.0 Å². The average molecular weight is 541 g/mol. The van der Waals surface area contributed by atoms with Gasteiger partial charge in [-0.25, -0.2) is 8.37 Å². The Kier molecular flexibility index (Phi) is 8.06. The van der Waals surface area contributed by atoms with E-state index >= 15 is 0 Å². The summed E-state index contributed by atoms with van der Waals surface area (Å²) in [4.78, 5) is -0.115. The normalized spacial score (nSPS) is 19.5. The van der Waals surface area contributed by atoms with E-state index in [0.717, 1.165) is 11.1 Å². The molecule has 0 amide bonds. The zero-order valence-corrected chi connectivity index (χ0v) is 24.1. The zero-order chi connectivity index (χ0) is 26.2. The van der Waals surface area contributed by atoms with Crippen molar-refractivity contribution >= 4 is 28.6 Å². The second-order valence-electron chi connectivity index (χ2n) is 10.8. The molecule has 35 heavy (non-hydrogen) atoms. The lowest BCUT2D eigenvalue weighted by atomic mass is 9.82. The summed E-state index contributed by atoms with van der Waals surface area (Å²) < 4.78 is 69.2. The highest BCUT2D eigenvalue weighted by Crippen LogP contribution is 2.43. The molecule has 0 spiro atoms. The predicted octanol–water partition coefficient (Wildman–Crippen LogP) is 5.54. The maximum Gasteiger partial charge on any atom is 0.299 e. The van der Waals surface area contributed by atoms with Crippen LogP contribution in [0.2, 0.25) is 18.1 Å². The quantitative estimate of drug-likeness (QED) is 0.234. The Morgan fingerprint density at radius 3 is 1.49 bits per heavy atom. The van der Waals surface area contributed by atoms with Gasteiger partial charge in [-0.3, -0.25) is 0 Å². The zero-order valence-electron chi connectivity index (χ0n) is 21.4. The fourth-order valence-electron chi connectivity index (χ4n) is 3.46. The Morgan fingerprint density at radius 1 is 0.771 bits per heavy atom. The molecule has 194 valence electrons. The molecule has 2 aromatic carbocycles. The van der Waals surface area contributed by atoms with Crippen molar-refractivity contribution in [2.24, 2.45) is 5.92 Å². The van der Waals surface area contributed by atoms with Gasteiger partial charge in [0.25, 0.3) is 20.2 Å². The van der Waals surface area contributed by atoms with Crippen molar-refractivity contribution in [2.45, 2.75) is 87.8 Å². The topological polar surface area (TPSA) is 96.0 Å². The van der Waals surface area contributed by atoms with Crippen LogP contribution < -0.4 is 0 Å². The van der Waals surface area contributed by atoms with Crippen LogP contribution in [0.3, 0.4) is 0 Å². The first-order chi connectivity index (χ1) is 16.0. The molecule has 0 atom stereocenters. The Balaban J connectivity index is 1.82. The minimum absolute atomic E-state index is 0.0219. The molecular weight excluding hydrogens is 504 g/mol. The minimum atomic E-state index is -4.26. The summed E-state index contributed by atoms with van der Waals surface area (Å²) in [5.74, 6) is -0.454. The van der Waals surface area contributed by atoms with E-state index in [1.165, 1.54) is 24.3 Å². The van der Waals surface area contributed by atoms with Gasteiger partial charge in [-0.2, -0.15) is 16.8 Å². The molecule has 0 N–H and O–H groups in total. The van der Waals surface area contributed by atoms with Gasteiger partial charge in [-0.05, 0) is 69.1 Å². The van der Waals surface area contributed by atoms with Crippen molar-refractivity contribution < 1.29 is 29.6 Å². The molecule has 1 aliphatic carbocycles. The lowest BCUT2D eigenvalue weighted by Gasteiger charge is -2.46. The lowest BCUT2D eigenvalue weighted by Crippen LogP contribution is -2.50. The molecule has 1 fully saturated rings. The maximum atomic E-state index is 13.0. The molecule has 1 aliphatic rings. The fraction of sp³-hybridized carbons (Fsp3) is 0.520. The highest BCUT2D eigenvalue weighted by molar-refractivity contribution is 7.87. The van der Waals surface area contributed by atoms with E-state index < -0.39 is 40.8 Å². The molecular formula is C25H36O7S2Si. The smallest absolute Gasteiger partial charge is 0.299 e. The summed E-state index contributed by atoms with van der Waals surface area (Å²) in [6.45, 7) is 14.4. The van der Waals surface area contributed by atoms with Gasteiger partial charge in [0.1, 0.15) is 0 Å². The van der Waals surface area contributed by atoms with Crippen molar-refractivity contribution in [3.63, 3.8) is 0 Å². The molecule has 7 nitrogen and oxygen atoms in total. The first kappa shape index (κ1) is 28.0. The van der Waals surface area contributed by atoms with Crippen molar-refractivity contribution in [1.82, 2.24) is 0 Å². The number of hydrogen-bond donors (Lipinski definition) is 0. The Hall–Kier alpha value is -1.56. The van der Waals surface area contributed by atoms with Crippen molar-refractivity contribution in [3.05, 3.63) is 59.7 Å². The average Bonchev–Trinajstić information content (AvgIpc) is 2.69. The van der Waals surface area contributed by atoms with Crippen LogP contribution in [0, 0.1) is 19.8 Å². The maximum absolute atomic E-state index is 13.0. The number of rotatable bonds is 9. The summed E-state index contributed by atoms with van der Waals surface area (Å²) in [5.41, 5.74) is 1.78. The summed E-state index contributed by atoms with van der Waals surface area (Å²) >= 11 is 0. The van der Waals surface area contributed by atoms with Crippen molar-refractivity contribution in [3.8, 4) is 0 Å². The Morgan fingerprint density at radius 2 is 1.14 bits per heavy atom. The summed E-state index contributed by atoms with van der Waals surface area (Å²) in [6, 6.07) is 12.3. The van der Waals surface area contributed by atoms with Crippen LogP contribution in [0.15, 0.2) is 58.3 Å². The summed E-state index contributed by atoms with van der Waals surface area (Å²) in [7, 11) is -10.5. The third kappa shape index (κ3) is 6.81. The largest absolute Gasteiger partial charge is 0.414 e. The van der Waals surface area contributed by atoms with Crippen LogP contribution in [0.5, 0.6) is 0 Å². The van der Waals surface area contributed by atoms with Gasteiger partial charge in [-0.15, -0.1) is 0 Å². The molecule has 0 aliphatic heterocycles. The van der Waals surface area contributed by atoms with Crippen molar-refractivity contribution in [2.75, 3.05) is 0 Å². The molecule has 0 aromatic heterocycles. The molecule has 0 radical (unpaired) electrons. The SMILES string of the molecule is Cc1ccc(S(=O)(=O)OC(OS(=O)(=O)c2ccc(C)cc2)C2CC(O[Si](C)(C)C(C)(C)C)C2)cc1. The first-order valence-electron chi connectivity index (χ1n) is 11.7. The van der Waals surface area contributed by atoms with Gasteiger partial charge < -0.3 is 4.43 Å². The molecule has 1 saturated carbocycles. The van der Waals surface area contributed by atoms with E-state index in [2.05, 4.69) is 33.9 Å². The van der Waals surface area contributed by atoms with Crippen LogP contribution in [0.4, 0.5) is 0 Å². The van der Waals surface area contributed by atoms with E-state index in [4.69, 9.17) is 12.8 Å². The molecule has 10 heteroatoms. The number of benzene rings is 2. The third-order valence-electron chi connectivity index (χ3n) is 6.85. The molecule has 0 unspecified atom stereocenters. The molecule has 0 heterocycles. The van der Waals surface area contributed by atoms with Gasteiger partial charge in [0.2, 0.25) is 0 Å². The highest BCUT2D eigenvalue weighted by atomic mass is 32.2. The van der Waals surface area contributed by atoms with Crippen LogP contribution >= 0.6 is 0 Å². The minimum Gasteiger partial charge on any atom is -0.414 e. The molecule has 2 aromatic rings. The summed E-state index contributed by atoms with van der Waals surface area (Å²) in [6.07, 6.45) is -0.694. The lowest BCUT2D eigenvalue weighted by molar-refractivity contribution is -0.0949. The van der Waals surface area contributed by atoms with E-state index in [9.17, 15) is 16.8 Å². The molecule has 3 rings (SSSR count). The first-order valence-corrected chi connectivity index (χ1v) is 17.4. The third-order valence-corrected chi connectivity index (χ3v) is 14.0. The standard InChI is InChI=1S/C25H36O7S2Si/c1-18-8-12-22(13-9-18)33(26,27)30-24(31-34(28,29)23-14-10-19(2)11-15-23)20-16-21(17-20)32-35(6,7)25(3,4)5/h8-15,20-21,24H,16-17H2,1-7H3. The Bertz CT molecular complexity index is 1150. The second kappa shape index (κ2) is 10.1. The van der Waals surface area contributed by atoms with E-state index in [1.54, 1.807) is 24.3 Å². The van der Waals surface area contributed by atoms with Crippen molar-refractivity contribution in [1.29, 1.82) is 0 Å². The summed E-state index contributed by atoms with van der Waals surface area (Å²) in [5, 5.41) is 0.0219. The molecule has 0 bridgehead atoms. The predicted molar refractivity (Wildman–Crippen MR) is 137 cm³/mol. The van der Waals surface area contributed by atoms with Crippen LogP contribution in [0.1, 0.15) is 44.7 Å². The van der Waals surface area contributed by atoms with Crippen LogP contribution in [0.25, 0.3) is 0 Å². The highest BCUT2D eigenvalue weighted by Gasteiger charge is 2.46. The van der Waals surface area contributed by atoms with Crippen LogP contribution in [-0.4, -0.2) is 37.5 Å². The van der Waals surface area contributed by atoms with Gasteiger partial charge in [0.15, 0.2) is 14.6 Å². The Labute approximate surface area is 211 Å². The van der Waals surface area contributed by atoms with Gasteiger partial charge in [-0.1, -0.05) is 56.2 Å². The van der Waals surface area contributed by atoms with Gasteiger partial charge >= 0.3 is 0 Å². The number of hydrogen-bond acceptors (Lipinski definition) is 7. The van der Waals surface area contributed by atoms with E-state index in [0.29, 0.717) is 12.8 Å². The molecule has 0 saturated heterocycles. The monoisotopic (exact) mass is 540 g/mol. The van der Waals surface area contributed by atoms with E-state index in [1.807, 2.05) is 13.8 Å². The fourth-order valence-corrected chi connectivity index (χ4v) is 6.94. The number of aryl methyl sites for hydroxylation is 2. The van der Waals surface area contributed by atoms with Gasteiger partial charge in [0.05, 0.1) is 9.79 Å². The van der Waals surface area contributed by atoms with Crippen LogP contribution in [-0.2, 0) is 33.0 Å².